The summed E-state index contributed by atoms with van der Waals surface area (Å²) in [7, 11) is 0. The van der Waals surface area contributed by atoms with E-state index < -0.39 is 0 Å². The normalized spacial score (nSPS) is 20.0. The minimum absolute atomic E-state index is 0.532. The van der Waals surface area contributed by atoms with Gasteiger partial charge in [0.1, 0.15) is 12.1 Å². The molecular weight excluding hydrogens is 340 g/mol. The van der Waals surface area contributed by atoms with Crippen molar-refractivity contribution in [1.82, 2.24) is 24.1 Å². The third-order valence-corrected chi connectivity index (χ3v) is 5.62. The Labute approximate surface area is 159 Å². The molecule has 1 atom stereocenters. The highest BCUT2D eigenvalue weighted by molar-refractivity contribution is 5.47. The monoisotopic (exact) mass is 366 g/mol. The molecule has 1 aliphatic carbocycles. The Morgan fingerprint density at radius 2 is 2.15 bits per heavy atom. The number of aryl methyl sites for hydroxylation is 1. The van der Waals surface area contributed by atoms with Crippen LogP contribution in [0.2, 0.25) is 0 Å². The van der Waals surface area contributed by atoms with E-state index in [0.717, 1.165) is 56.7 Å². The fourth-order valence-electron chi connectivity index (χ4n) is 3.96. The number of fused-ring (bicyclic) bond motifs is 2. The molecule has 1 aliphatic heterocycles. The molecule has 0 saturated heterocycles. The molecular formula is C20H26N6O. The Hall–Kier alpha value is -2.41. The van der Waals surface area contributed by atoms with E-state index in [-0.39, 0.29) is 0 Å². The standard InChI is InChI=1S/C20H26N6O/c1-15-9-19(26-20(23-15)21-14-22-26)25-11-17(6-8-27-13-16-4-5-16)10-24-7-2-3-18(24)12-25/h2-3,7,9,14,16-17H,4-6,8,10-13H2,1H3. The average Bonchev–Trinajstić information content (AvgIpc) is 3.25. The van der Waals surface area contributed by atoms with E-state index >= 15 is 0 Å². The van der Waals surface area contributed by atoms with Crippen molar-refractivity contribution < 1.29 is 4.74 Å². The van der Waals surface area contributed by atoms with Crippen LogP contribution in [-0.4, -0.2) is 43.9 Å². The van der Waals surface area contributed by atoms with Crippen LogP contribution in [0.15, 0.2) is 30.7 Å². The first-order valence-electron chi connectivity index (χ1n) is 9.90. The van der Waals surface area contributed by atoms with E-state index in [4.69, 9.17) is 4.74 Å². The molecule has 142 valence electrons. The number of rotatable bonds is 6. The largest absolute Gasteiger partial charge is 0.381 e. The summed E-state index contributed by atoms with van der Waals surface area (Å²) in [5, 5.41) is 4.41. The van der Waals surface area contributed by atoms with Crippen LogP contribution in [0.25, 0.3) is 5.78 Å². The van der Waals surface area contributed by atoms with Gasteiger partial charge in [-0.15, -0.1) is 0 Å². The van der Waals surface area contributed by atoms with Crippen molar-refractivity contribution in [1.29, 1.82) is 0 Å². The second-order valence-corrected chi connectivity index (χ2v) is 7.93. The molecule has 7 heteroatoms. The lowest BCUT2D eigenvalue weighted by molar-refractivity contribution is 0.110. The maximum Gasteiger partial charge on any atom is 0.254 e. The third-order valence-electron chi connectivity index (χ3n) is 5.62. The van der Waals surface area contributed by atoms with Crippen molar-refractivity contribution in [2.45, 2.75) is 39.3 Å². The Balaban J connectivity index is 1.39. The van der Waals surface area contributed by atoms with Gasteiger partial charge in [-0.05, 0) is 50.2 Å². The number of anilines is 1. The van der Waals surface area contributed by atoms with Gasteiger partial charge in [-0.3, -0.25) is 0 Å². The van der Waals surface area contributed by atoms with Crippen LogP contribution < -0.4 is 4.90 Å². The molecule has 0 aromatic carbocycles. The quantitative estimate of drug-likeness (QED) is 0.628. The Morgan fingerprint density at radius 1 is 1.22 bits per heavy atom. The maximum atomic E-state index is 5.92. The Kier molecular flexibility index (Phi) is 4.32. The van der Waals surface area contributed by atoms with E-state index in [9.17, 15) is 0 Å². The van der Waals surface area contributed by atoms with E-state index in [0.29, 0.717) is 11.7 Å². The van der Waals surface area contributed by atoms with Gasteiger partial charge in [-0.2, -0.15) is 14.6 Å². The summed E-state index contributed by atoms with van der Waals surface area (Å²) in [6.45, 7) is 6.68. The lowest BCUT2D eigenvalue weighted by atomic mass is 10.1. The first-order valence-corrected chi connectivity index (χ1v) is 9.90. The van der Waals surface area contributed by atoms with Crippen LogP contribution in [0.1, 0.15) is 30.7 Å². The van der Waals surface area contributed by atoms with Crippen molar-refractivity contribution in [3.05, 3.63) is 42.1 Å². The first kappa shape index (κ1) is 16.7. The second kappa shape index (κ2) is 6.96. The maximum absolute atomic E-state index is 5.92. The van der Waals surface area contributed by atoms with Gasteiger partial charge in [-0.25, -0.2) is 4.98 Å². The smallest absolute Gasteiger partial charge is 0.254 e. The zero-order valence-electron chi connectivity index (χ0n) is 15.8. The van der Waals surface area contributed by atoms with Crippen LogP contribution in [0.4, 0.5) is 5.82 Å². The number of aromatic nitrogens is 5. The van der Waals surface area contributed by atoms with E-state index in [1.54, 1.807) is 6.33 Å². The number of ether oxygens (including phenoxy) is 1. The fraction of sp³-hybridized carbons (Fsp3) is 0.550. The predicted octanol–water partition coefficient (Wildman–Crippen LogP) is 2.69. The van der Waals surface area contributed by atoms with Gasteiger partial charge in [0.2, 0.25) is 0 Å². The minimum Gasteiger partial charge on any atom is -0.381 e. The summed E-state index contributed by atoms with van der Waals surface area (Å²) in [6, 6.07) is 6.47. The predicted molar refractivity (Wildman–Crippen MR) is 103 cm³/mol. The summed E-state index contributed by atoms with van der Waals surface area (Å²) in [5.41, 5.74) is 2.30. The molecule has 27 heavy (non-hydrogen) atoms. The van der Waals surface area contributed by atoms with Crippen molar-refractivity contribution in [2.75, 3.05) is 24.7 Å². The van der Waals surface area contributed by atoms with Crippen LogP contribution in [0, 0.1) is 18.8 Å². The second-order valence-electron chi connectivity index (χ2n) is 7.93. The highest BCUT2D eigenvalue weighted by Gasteiger charge is 2.25. The Morgan fingerprint density at radius 3 is 3.04 bits per heavy atom. The SMILES string of the molecule is Cc1cc(N2Cc3cccn3CC(CCOCC3CC3)C2)n2ncnc2n1. The summed E-state index contributed by atoms with van der Waals surface area (Å²) in [4.78, 5) is 11.2. The van der Waals surface area contributed by atoms with Gasteiger partial charge in [0, 0.05) is 50.0 Å². The summed E-state index contributed by atoms with van der Waals surface area (Å²) >= 11 is 0. The molecule has 0 radical (unpaired) electrons. The third kappa shape index (κ3) is 3.56. The molecule has 1 fully saturated rings. The molecule has 5 rings (SSSR count). The Bertz CT molecular complexity index is 928. The molecule has 3 aromatic heterocycles. The summed E-state index contributed by atoms with van der Waals surface area (Å²) in [5.74, 6) is 3.08. The summed E-state index contributed by atoms with van der Waals surface area (Å²) in [6.07, 6.45) is 7.54. The van der Waals surface area contributed by atoms with Gasteiger partial charge < -0.3 is 14.2 Å². The molecule has 0 amide bonds. The number of hydrogen-bond acceptors (Lipinski definition) is 5. The number of nitrogens with zero attached hydrogens (tertiary/aromatic N) is 6. The van der Waals surface area contributed by atoms with Crippen molar-refractivity contribution in [3.8, 4) is 0 Å². The van der Waals surface area contributed by atoms with Gasteiger partial charge in [0.25, 0.3) is 5.78 Å². The zero-order chi connectivity index (χ0) is 18.2. The average molecular weight is 366 g/mol. The number of hydrogen-bond donors (Lipinski definition) is 0. The van der Waals surface area contributed by atoms with E-state index in [1.807, 2.05) is 11.4 Å². The topological polar surface area (TPSA) is 60.5 Å². The van der Waals surface area contributed by atoms with Gasteiger partial charge in [-0.1, -0.05) is 0 Å². The van der Waals surface area contributed by atoms with E-state index in [2.05, 4.69) is 48.9 Å². The first-order chi connectivity index (χ1) is 13.3. The molecule has 7 nitrogen and oxygen atoms in total. The van der Waals surface area contributed by atoms with Crippen molar-refractivity contribution in [2.24, 2.45) is 11.8 Å². The molecule has 1 unspecified atom stereocenters. The minimum atomic E-state index is 0.532. The molecule has 2 aliphatic rings. The molecule has 0 bridgehead atoms. The van der Waals surface area contributed by atoms with E-state index in [1.165, 1.54) is 18.5 Å². The van der Waals surface area contributed by atoms with Crippen molar-refractivity contribution in [3.63, 3.8) is 0 Å². The molecule has 1 saturated carbocycles. The van der Waals surface area contributed by atoms with Crippen LogP contribution in [0.5, 0.6) is 0 Å². The summed E-state index contributed by atoms with van der Waals surface area (Å²) < 4.78 is 10.2. The van der Waals surface area contributed by atoms with Crippen LogP contribution in [-0.2, 0) is 17.8 Å². The van der Waals surface area contributed by atoms with Crippen LogP contribution in [0.3, 0.4) is 0 Å². The van der Waals surface area contributed by atoms with Gasteiger partial charge in [0.15, 0.2) is 0 Å². The van der Waals surface area contributed by atoms with Gasteiger partial charge in [0.05, 0.1) is 6.54 Å². The lowest BCUT2D eigenvalue weighted by Gasteiger charge is -2.26. The molecule has 3 aromatic rings. The molecule has 0 N–H and O–H groups in total. The highest BCUT2D eigenvalue weighted by atomic mass is 16.5. The molecule has 4 heterocycles. The van der Waals surface area contributed by atoms with Crippen molar-refractivity contribution >= 4 is 11.6 Å². The molecule has 0 spiro atoms. The lowest BCUT2D eigenvalue weighted by Crippen LogP contribution is -2.30. The fourth-order valence-corrected chi connectivity index (χ4v) is 3.96. The highest BCUT2D eigenvalue weighted by Crippen LogP contribution is 2.29. The van der Waals surface area contributed by atoms with Gasteiger partial charge >= 0.3 is 0 Å². The zero-order valence-corrected chi connectivity index (χ0v) is 15.8. The van der Waals surface area contributed by atoms with Crippen LogP contribution >= 0.6 is 0 Å².